The molecule has 1 saturated heterocycles. The van der Waals surface area contributed by atoms with Crippen LogP contribution in [-0.2, 0) is 15.9 Å². The Hall–Kier alpha value is -0.680. The second-order valence-electron chi connectivity index (χ2n) is 3.99. The number of benzene rings is 1. The maximum absolute atomic E-state index is 13.0. The zero-order valence-corrected chi connectivity index (χ0v) is 9.99. The van der Waals surface area contributed by atoms with Gasteiger partial charge in [-0.1, -0.05) is 11.6 Å². The first-order valence-electron chi connectivity index (χ1n) is 5.48. The Kier molecular flexibility index (Phi) is 4.34. The average molecular weight is 261 g/mol. The zero-order chi connectivity index (χ0) is 12.3. The van der Waals surface area contributed by atoms with Gasteiger partial charge in [-0.3, -0.25) is 0 Å². The maximum Gasteiger partial charge on any atom is 0.123 e. The van der Waals surface area contributed by atoms with Gasteiger partial charge in [0.15, 0.2) is 0 Å². The van der Waals surface area contributed by atoms with Crippen LogP contribution in [0.4, 0.5) is 4.39 Å². The van der Waals surface area contributed by atoms with Gasteiger partial charge in [0.05, 0.1) is 25.9 Å². The van der Waals surface area contributed by atoms with Gasteiger partial charge < -0.3 is 14.6 Å². The first-order chi connectivity index (χ1) is 8.16. The van der Waals surface area contributed by atoms with Crippen molar-refractivity contribution >= 4 is 11.6 Å². The molecule has 94 valence electrons. The summed E-state index contributed by atoms with van der Waals surface area (Å²) in [5.41, 5.74) is 0.577. The molecule has 2 rings (SSSR count). The predicted molar refractivity (Wildman–Crippen MR) is 61.7 cm³/mol. The van der Waals surface area contributed by atoms with Crippen molar-refractivity contribution in [1.82, 2.24) is 0 Å². The van der Waals surface area contributed by atoms with Gasteiger partial charge in [0, 0.05) is 11.4 Å². The third kappa shape index (κ3) is 3.39. The van der Waals surface area contributed by atoms with Crippen LogP contribution >= 0.6 is 11.6 Å². The molecular weight excluding hydrogens is 247 g/mol. The summed E-state index contributed by atoms with van der Waals surface area (Å²) in [6, 6.07) is 4.10. The van der Waals surface area contributed by atoms with Crippen LogP contribution in [0.2, 0.25) is 5.02 Å². The molecule has 0 bridgehead atoms. The number of hydrogen-bond donors (Lipinski definition) is 1. The quantitative estimate of drug-likeness (QED) is 0.901. The highest BCUT2D eigenvalue weighted by Gasteiger charge is 2.24. The molecule has 0 saturated carbocycles. The van der Waals surface area contributed by atoms with E-state index in [1.807, 2.05) is 0 Å². The minimum atomic E-state index is -0.741. The standard InChI is InChI=1S/C12H14ClFO3/c13-10-2-1-9(14)5-8(10)6-11(15)12-7-16-3-4-17-12/h1-2,5,11-12,15H,3-4,6-7H2. The molecule has 1 heterocycles. The Bertz CT molecular complexity index is 380. The molecule has 0 aliphatic carbocycles. The van der Waals surface area contributed by atoms with Gasteiger partial charge >= 0.3 is 0 Å². The van der Waals surface area contributed by atoms with Crippen molar-refractivity contribution in [2.24, 2.45) is 0 Å². The monoisotopic (exact) mass is 260 g/mol. The molecule has 0 amide bonds. The Morgan fingerprint density at radius 1 is 1.47 bits per heavy atom. The Morgan fingerprint density at radius 3 is 3.00 bits per heavy atom. The number of aliphatic hydroxyl groups excluding tert-OH is 1. The SMILES string of the molecule is OC(Cc1cc(F)ccc1Cl)C1COCCO1. The molecule has 1 aromatic carbocycles. The van der Waals surface area contributed by atoms with E-state index in [1.54, 1.807) is 0 Å². The minimum Gasteiger partial charge on any atom is -0.390 e. The van der Waals surface area contributed by atoms with Crippen LogP contribution in [0.25, 0.3) is 0 Å². The van der Waals surface area contributed by atoms with Gasteiger partial charge in [0.2, 0.25) is 0 Å². The summed E-state index contributed by atoms with van der Waals surface area (Å²) in [5.74, 6) is -0.364. The normalized spacial score (nSPS) is 22.4. The first-order valence-corrected chi connectivity index (χ1v) is 5.86. The molecule has 2 unspecified atom stereocenters. The molecule has 1 aliphatic rings. The largest absolute Gasteiger partial charge is 0.390 e. The van der Waals surface area contributed by atoms with Crippen LogP contribution in [0.5, 0.6) is 0 Å². The number of halogens is 2. The molecule has 1 fully saturated rings. The number of aliphatic hydroxyl groups is 1. The summed E-state index contributed by atoms with van der Waals surface area (Å²) in [7, 11) is 0. The van der Waals surface area contributed by atoms with Crippen LogP contribution in [0.15, 0.2) is 18.2 Å². The fourth-order valence-corrected chi connectivity index (χ4v) is 1.98. The molecule has 0 radical (unpaired) electrons. The van der Waals surface area contributed by atoms with Gasteiger partial charge in [-0.25, -0.2) is 4.39 Å². The molecule has 2 atom stereocenters. The topological polar surface area (TPSA) is 38.7 Å². The smallest absolute Gasteiger partial charge is 0.123 e. The van der Waals surface area contributed by atoms with E-state index in [1.165, 1.54) is 18.2 Å². The van der Waals surface area contributed by atoms with Crippen LogP contribution in [0.3, 0.4) is 0 Å². The lowest BCUT2D eigenvalue weighted by atomic mass is 10.0. The Labute approximate surface area is 104 Å². The van der Waals surface area contributed by atoms with Crippen molar-refractivity contribution in [1.29, 1.82) is 0 Å². The van der Waals surface area contributed by atoms with E-state index in [0.717, 1.165) is 0 Å². The van der Waals surface area contributed by atoms with Crippen molar-refractivity contribution in [3.63, 3.8) is 0 Å². The van der Waals surface area contributed by atoms with Crippen LogP contribution in [-0.4, -0.2) is 37.1 Å². The summed E-state index contributed by atoms with van der Waals surface area (Å²) in [4.78, 5) is 0. The van der Waals surface area contributed by atoms with E-state index < -0.39 is 6.10 Å². The number of rotatable bonds is 3. The molecule has 5 heteroatoms. The Morgan fingerprint density at radius 2 is 2.29 bits per heavy atom. The number of ether oxygens (including phenoxy) is 2. The van der Waals surface area contributed by atoms with E-state index in [-0.39, 0.29) is 18.3 Å². The van der Waals surface area contributed by atoms with Gasteiger partial charge in [0.25, 0.3) is 0 Å². The summed E-state index contributed by atoms with van der Waals surface area (Å²) in [5, 5.41) is 10.4. The van der Waals surface area contributed by atoms with Crippen molar-refractivity contribution in [2.45, 2.75) is 18.6 Å². The van der Waals surface area contributed by atoms with Gasteiger partial charge in [0.1, 0.15) is 11.9 Å². The molecular formula is C12H14ClFO3. The second kappa shape index (κ2) is 5.78. The predicted octanol–water partition coefficient (Wildman–Crippen LogP) is 1.80. The van der Waals surface area contributed by atoms with Crippen LogP contribution in [0.1, 0.15) is 5.56 Å². The zero-order valence-electron chi connectivity index (χ0n) is 9.23. The summed E-state index contributed by atoms with van der Waals surface area (Å²) in [6.45, 7) is 1.37. The van der Waals surface area contributed by atoms with E-state index in [2.05, 4.69) is 0 Å². The maximum atomic E-state index is 13.0. The molecule has 1 aliphatic heterocycles. The lowest BCUT2D eigenvalue weighted by Crippen LogP contribution is -2.39. The lowest BCUT2D eigenvalue weighted by molar-refractivity contribution is -0.131. The summed E-state index contributed by atoms with van der Waals surface area (Å²) in [6.07, 6.45) is -0.859. The van der Waals surface area contributed by atoms with E-state index >= 15 is 0 Å². The van der Waals surface area contributed by atoms with Crippen molar-refractivity contribution in [3.8, 4) is 0 Å². The lowest BCUT2D eigenvalue weighted by Gasteiger charge is -2.27. The summed E-state index contributed by atoms with van der Waals surface area (Å²) < 4.78 is 23.6. The third-order valence-corrected chi connectivity index (χ3v) is 3.08. The highest BCUT2D eigenvalue weighted by Crippen LogP contribution is 2.20. The third-order valence-electron chi connectivity index (χ3n) is 2.71. The summed E-state index contributed by atoms with van der Waals surface area (Å²) >= 11 is 5.93. The molecule has 3 nitrogen and oxygen atoms in total. The van der Waals surface area contributed by atoms with E-state index in [9.17, 15) is 9.50 Å². The Balaban J connectivity index is 2.01. The van der Waals surface area contributed by atoms with Crippen molar-refractivity contribution < 1.29 is 19.0 Å². The van der Waals surface area contributed by atoms with Crippen LogP contribution in [0, 0.1) is 5.82 Å². The van der Waals surface area contributed by atoms with Crippen molar-refractivity contribution in [3.05, 3.63) is 34.6 Å². The fraction of sp³-hybridized carbons (Fsp3) is 0.500. The molecule has 1 N–H and O–H groups in total. The van der Waals surface area contributed by atoms with Gasteiger partial charge in [-0.15, -0.1) is 0 Å². The van der Waals surface area contributed by atoms with Crippen LogP contribution < -0.4 is 0 Å². The average Bonchev–Trinajstić information content (AvgIpc) is 2.35. The molecule has 0 spiro atoms. The highest BCUT2D eigenvalue weighted by atomic mass is 35.5. The number of hydrogen-bond acceptors (Lipinski definition) is 3. The highest BCUT2D eigenvalue weighted by molar-refractivity contribution is 6.31. The molecule has 1 aromatic rings. The molecule has 0 aromatic heterocycles. The van der Waals surface area contributed by atoms with Gasteiger partial charge in [-0.05, 0) is 23.8 Å². The van der Waals surface area contributed by atoms with Gasteiger partial charge in [-0.2, -0.15) is 0 Å². The van der Waals surface area contributed by atoms with E-state index in [4.69, 9.17) is 21.1 Å². The van der Waals surface area contributed by atoms with Crippen molar-refractivity contribution in [2.75, 3.05) is 19.8 Å². The molecule has 17 heavy (non-hydrogen) atoms. The second-order valence-corrected chi connectivity index (χ2v) is 4.40. The first kappa shape index (κ1) is 12.8. The minimum absolute atomic E-state index is 0.255. The fourth-order valence-electron chi connectivity index (χ4n) is 1.78. The van der Waals surface area contributed by atoms with E-state index in [0.29, 0.717) is 30.4 Å².